The van der Waals surface area contributed by atoms with Crippen molar-refractivity contribution < 1.29 is 9.67 Å². The van der Waals surface area contributed by atoms with E-state index in [1.54, 1.807) is 13.3 Å². The Bertz CT molecular complexity index is 166. The van der Waals surface area contributed by atoms with Gasteiger partial charge in [0.25, 0.3) is 0 Å². The quantitative estimate of drug-likeness (QED) is 0.636. The van der Waals surface area contributed by atoms with E-state index in [1.807, 2.05) is 0 Å². The van der Waals surface area contributed by atoms with Crippen LogP contribution in [0.15, 0.2) is 0 Å². The van der Waals surface area contributed by atoms with Crippen molar-refractivity contribution in [3.05, 3.63) is 0 Å². The van der Waals surface area contributed by atoms with Crippen LogP contribution in [-0.2, 0) is 4.57 Å². The van der Waals surface area contributed by atoms with Crippen molar-refractivity contribution in [3.63, 3.8) is 0 Å². The second kappa shape index (κ2) is 2.35. The lowest BCUT2D eigenvalue weighted by Gasteiger charge is -2.14. The molecule has 0 spiro atoms. The molecule has 1 aliphatic rings. The molecule has 1 rings (SSSR count). The molecular formula is C7H15O2P. The largest absolute Gasteiger partial charge is 0.396 e. The van der Waals surface area contributed by atoms with E-state index in [0.717, 1.165) is 19.0 Å². The monoisotopic (exact) mass is 162 g/mol. The fourth-order valence-electron chi connectivity index (χ4n) is 1.35. The molecule has 1 N–H and O–H groups in total. The van der Waals surface area contributed by atoms with E-state index in [9.17, 15) is 4.57 Å². The van der Waals surface area contributed by atoms with E-state index in [-0.39, 0.29) is 12.0 Å². The molecular weight excluding hydrogens is 147 g/mol. The van der Waals surface area contributed by atoms with Gasteiger partial charge in [0.15, 0.2) is 0 Å². The molecule has 0 aromatic heterocycles. The average Bonchev–Trinajstić information content (AvgIpc) is 2.45. The van der Waals surface area contributed by atoms with E-state index >= 15 is 0 Å². The summed E-state index contributed by atoms with van der Waals surface area (Å²) in [7, 11) is -1.90. The van der Waals surface area contributed by atoms with Crippen LogP contribution in [0.5, 0.6) is 0 Å². The summed E-state index contributed by atoms with van der Waals surface area (Å²) in [5.74, 6) is 0. The molecule has 3 heteroatoms. The maximum atomic E-state index is 11.3. The standard InChI is InChI=1S/C7H15O2P/c1-10(2,9)6-7(5-8)3-4-7/h8H,3-6H2,1-2H3. The third-order valence-electron chi connectivity index (χ3n) is 2.01. The smallest absolute Gasteiger partial charge is 0.0825 e. The van der Waals surface area contributed by atoms with Crippen LogP contribution in [0, 0.1) is 5.41 Å². The molecule has 0 unspecified atom stereocenters. The lowest BCUT2D eigenvalue weighted by Crippen LogP contribution is -2.11. The number of aliphatic hydroxyl groups is 1. The van der Waals surface area contributed by atoms with Gasteiger partial charge in [-0.25, -0.2) is 0 Å². The van der Waals surface area contributed by atoms with Gasteiger partial charge >= 0.3 is 0 Å². The molecule has 0 atom stereocenters. The van der Waals surface area contributed by atoms with Crippen LogP contribution in [0.4, 0.5) is 0 Å². The predicted molar refractivity (Wildman–Crippen MR) is 43.1 cm³/mol. The SMILES string of the molecule is CP(C)(=O)CC1(CO)CC1. The summed E-state index contributed by atoms with van der Waals surface area (Å²) >= 11 is 0. The highest BCUT2D eigenvalue weighted by Gasteiger charge is 2.44. The summed E-state index contributed by atoms with van der Waals surface area (Å²) in [6.07, 6.45) is 2.86. The molecule has 1 saturated carbocycles. The van der Waals surface area contributed by atoms with E-state index in [4.69, 9.17) is 5.11 Å². The molecule has 1 aliphatic carbocycles. The minimum absolute atomic E-state index is 0.0685. The van der Waals surface area contributed by atoms with Gasteiger partial charge in [-0.15, -0.1) is 0 Å². The number of hydrogen-bond acceptors (Lipinski definition) is 2. The molecule has 0 aliphatic heterocycles. The van der Waals surface area contributed by atoms with Crippen LogP contribution >= 0.6 is 7.14 Å². The highest BCUT2D eigenvalue weighted by Crippen LogP contribution is 2.55. The summed E-state index contributed by atoms with van der Waals surface area (Å²) in [6, 6.07) is 0. The van der Waals surface area contributed by atoms with Crippen molar-refractivity contribution in [2.45, 2.75) is 12.8 Å². The average molecular weight is 162 g/mol. The molecule has 0 saturated heterocycles. The van der Waals surface area contributed by atoms with Gasteiger partial charge in [0.2, 0.25) is 0 Å². The van der Waals surface area contributed by atoms with Crippen LogP contribution in [-0.4, -0.2) is 31.2 Å². The van der Waals surface area contributed by atoms with Gasteiger partial charge in [-0.1, -0.05) is 0 Å². The van der Waals surface area contributed by atoms with E-state index in [1.165, 1.54) is 0 Å². The molecule has 10 heavy (non-hydrogen) atoms. The Morgan fingerprint density at radius 2 is 2.00 bits per heavy atom. The van der Waals surface area contributed by atoms with Crippen molar-refractivity contribution in [1.82, 2.24) is 0 Å². The van der Waals surface area contributed by atoms with Crippen LogP contribution < -0.4 is 0 Å². The summed E-state index contributed by atoms with van der Waals surface area (Å²) in [6.45, 7) is 3.81. The zero-order valence-corrected chi connectivity index (χ0v) is 7.53. The lowest BCUT2D eigenvalue weighted by atomic mass is 10.2. The third-order valence-corrected chi connectivity index (χ3v) is 3.44. The minimum atomic E-state index is -1.90. The Kier molecular flexibility index (Phi) is 1.95. The lowest BCUT2D eigenvalue weighted by molar-refractivity contribution is 0.226. The van der Waals surface area contributed by atoms with Crippen molar-refractivity contribution in [3.8, 4) is 0 Å². The molecule has 0 aromatic rings. The first-order valence-corrected chi connectivity index (χ1v) is 6.41. The fraction of sp³-hybridized carbons (Fsp3) is 1.00. The third kappa shape index (κ3) is 2.10. The van der Waals surface area contributed by atoms with Crippen LogP contribution in [0.1, 0.15) is 12.8 Å². The van der Waals surface area contributed by atoms with Crippen LogP contribution in [0.3, 0.4) is 0 Å². The normalized spacial score (nSPS) is 22.7. The Balaban J connectivity index is 2.46. The summed E-state index contributed by atoms with van der Waals surface area (Å²) in [4.78, 5) is 0. The van der Waals surface area contributed by atoms with Crippen molar-refractivity contribution >= 4 is 7.14 Å². The Hall–Kier alpha value is 0.190. The molecule has 0 aromatic carbocycles. The Morgan fingerprint density at radius 3 is 2.10 bits per heavy atom. The maximum Gasteiger partial charge on any atom is 0.0825 e. The first-order valence-electron chi connectivity index (χ1n) is 3.62. The zero-order chi connectivity index (χ0) is 7.83. The molecule has 60 valence electrons. The van der Waals surface area contributed by atoms with Gasteiger partial charge in [-0.05, 0) is 26.2 Å². The van der Waals surface area contributed by atoms with Crippen LogP contribution in [0.25, 0.3) is 0 Å². The molecule has 0 amide bonds. The van der Waals surface area contributed by atoms with Gasteiger partial charge in [0.05, 0.1) is 7.14 Å². The zero-order valence-electron chi connectivity index (χ0n) is 6.63. The van der Waals surface area contributed by atoms with E-state index in [0.29, 0.717) is 0 Å². The molecule has 0 radical (unpaired) electrons. The van der Waals surface area contributed by atoms with E-state index in [2.05, 4.69) is 0 Å². The minimum Gasteiger partial charge on any atom is -0.396 e. The first kappa shape index (κ1) is 8.29. The summed E-state index contributed by atoms with van der Waals surface area (Å²) in [5, 5.41) is 8.90. The Morgan fingerprint density at radius 1 is 1.50 bits per heavy atom. The first-order chi connectivity index (χ1) is 4.47. The number of hydrogen-bond donors (Lipinski definition) is 1. The maximum absolute atomic E-state index is 11.3. The molecule has 2 nitrogen and oxygen atoms in total. The fourth-order valence-corrected chi connectivity index (χ4v) is 3.38. The summed E-state index contributed by atoms with van der Waals surface area (Å²) < 4.78 is 11.3. The highest BCUT2D eigenvalue weighted by atomic mass is 31.2. The van der Waals surface area contributed by atoms with Crippen LogP contribution in [0.2, 0.25) is 0 Å². The second-order valence-electron chi connectivity index (χ2n) is 3.89. The van der Waals surface area contributed by atoms with Gasteiger partial charge in [0.1, 0.15) is 0 Å². The molecule has 1 fully saturated rings. The number of rotatable bonds is 3. The molecule has 0 bridgehead atoms. The van der Waals surface area contributed by atoms with Gasteiger partial charge in [0, 0.05) is 18.2 Å². The van der Waals surface area contributed by atoms with Crippen molar-refractivity contribution in [1.29, 1.82) is 0 Å². The van der Waals surface area contributed by atoms with Crippen molar-refractivity contribution in [2.24, 2.45) is 5.41 Å². The number of aliphatic hydroxyl groups excluding tert-OH is 1. The molecule has 0 heterocycles. The van der Waals surface area contributed by atoms with Gasteiger partial charge in [-0.3, -0.25) is 0 Å². The van der Waals surface area contributed by atoms with Gasteiger partial charge in [-0.2, -0.15) is 0 Å². The second-order valence-corrected chi connectivity index (χ2v) is 7.35. The van der Waals surface area contributed by atoms with Gasteiger partial charge < -0.3 is 9.67 Å². The topological polar surface area (TPSA) is 37.3 Å². The highest BCUT2D eigenvalue weighted by molar-refractivity contribution is 7.62. The Labute approximate surface area is 62.0 Å². The predicted octanol–water partition coefficient (Wildman–Crippen LogP) is 1.38. The van der Waals surface area contributed by atoms with E-state index < -0.39 is 7.14 Å². The van der Waals surface area contributed by atoms with Crippen molar-refractivity contribution in [2.75, 3.05) is 26.1 Å². The summed E-state index contributed by atoms with van der Waals surface area (Å²) in [5.41, 5.74) is 0.0685.